The SMILES string of the molecule is CN(C(=O)Cl)c1cc[nH]c1. The zero-order valence-corrected chi connectivity index (χ0v) is 6.22. The predicted molar refractivity (Wildman–Crippen MR) is 40.4 cm³/mol. The van der Waals surface area contributed by atoms with E-state index in [1.165, 1.54) is 4.90 Å². The van der Waals surface area contributed by atoms with Gasteiger partial charge in [0.1, 0.15) is 0 Å². The van der Waals surface area contributed by atoms with Crippen molar-refractivity contribution in [2.24, 2.45) is 0 Å². The van der Waals surface area contributed by atoms with Crippen molar-refractivity contribution in [3.8, 4) is 0 Å². The molecule has 0 spiro atoms. The third kappa shape index (κ3) is 1.30. The number of anilines is 1. The molecule has 1 heterocycles. The summed E-state index contributed by atoms with van der Waals surface area (Å²) in [7, 11) is 1.61. The zero-order valence-electron chi connectivity index (χ0n) is 5.47. The van der Waals surface area contributed by atoms with Crippen LogP contribution in [0.15, 0.2) is 18.5 Å². The quantitative estimate of drug-likeness (QED) is 0.491. The largest absolute Gasteiger partial charge is 0.366 e. The number of nitrogens with one attached hydrogen (secondary N) is 1. The first-order valence-corrected chi connectivity index (χ1v) is 3.15. The van der Waals surface area contributed by atoms with Gasteiger partial charge in [0.2, 0.25) is 0 Å². The highest BCUT2D eigenvalue weighted by molar-refractivity contribution is 6.66. The Balaban J connectivity index is 2.77. The van der Waals surface area contributed by atoms with Gasteiger partial charge in [-0.3, -0.25) is 4.79 Å². The van der Waals surface area contributed by atoms with E-state index in [1.807, 2.05) is 0 Å². The van der Waals surface area contributed by atoms with E-state index in [1.54, 1.807) is 25.5 Å². The fraction of sp³-hybridized carbons (Fsp3) is 0.167. The third-order valence-corrected chi connectivity index (χ3v) is 1.49. The van der Waals surface area contributed by atoms with Crippen LogP contribution in [0.25, 0.3) is 0 Å². The summed E-state index contributed by atoms with van der Waals surface area (Å²) in [6.45, 7) is 0. The molecule has 1 N–H and O–H groups in total. The summed E-state index contributed by atoms with van der Waals surface area (Å²) >= 11 is 5.19. The van der Waals surface area contributed by atoms with Gasteiger partial charge in [0.05, 0.1) is 5.69 Å². The third-order valence-electron chi connectivity index (χ3n) is 1.23. The molecule has 0 unspecified atom stereocenters. The van der Waals surface area contributed by atoms with Crippen LogP contribution in [-0.2, 0) is 0 Å². The molecule has 0 aromatic carbocycles. The molecule has 10 heavy (non-hydrogen) atoms. The lowest BCUT2D eigenvalue weighted by atomic mass is 10.5. The van der Waals surface area contributed by atoms with E-state index in [0.29, 0.717) is 0 Å². The Morgan fingerprint density at radius 1 is 1.80 bits per heavy atom. The van der Waals surface area contributed by atoms with Crippen LogP contribution in [0.5, 0.6) is 0 Å². The second-order valence-corrected chi connectivity index (χ2v) is 2.20. The predicted octanol–water partition coefficient (Wildman–Crippen LogP) is 1.81. The van der Waals surface area contributed by atoms with Crippen molar-refractivity contribution in [1.82, 2.24) is 4.98 Å². The number of hydrogen-bond donors (Lipinski definition) is 1. The first-order chi connectivity index (χ1) is 4.72. The standard InChI is InChI=1S/C6H7ClN2O/c1-9(6(7)10)5-2-3-8-4-5/h2-4,8H,1H3. The lowest BCUT2D eigenvalue weighted by molar-refractivity contribution is 0.265. The summed E-state index contributed by atoms with van der Waals surface area (Å²) in [6, 6.07) is 1.76. The van der Waals surface area contributed by atoms with E-state index in [2.05, 4.69) is 4.98 Å². The van der Waals surface area contributed by atoms with Gasteiger partial charge in [0.25, 0.3) is 0 Å². The highest BCUT2D eigenvalue weighted by atomic mass is 35.5. The minimum atomic E-state index is -0.486. The van der Waals surface area contributed by atoms with Crippen LogP contribution in [0.3, 0.4) is 0 Å². The van der Waals surface area contributed by atoms with E-state index in [9.17, 15) is 4.79 Å². The van der Waals surface area contributed by atoms with Crippen molar-refractivity contribution in [1.29, 1.82) is 0 Å². The molecule has 0 bridgehead atoms. The van der Waals surface area contributed by atoms with E-state index in [0.717, 1.165) is 5.69 Å². The summed E-state index contributed by atoms with van der Waals surface area (Å²) in [5.41, 5.74) is 0.764. The fourth-order valence-electron chi connectivity index (χ4n) is 0.625. The Morgan fingerprint density at radius 2 is 2.50 bits per heavy atom. The van der Waals surface area contributed by atoms with Crippen molar-refractivity contribution in [3.63, 3.8) is 0 Å². The molecular weight excluding hydrogens is 152 g/mol. The molecule has 0 aliphatic carbocycles. The Labute approximate surface area is 63.6 Å². The van der Waals surface area contributed by atoms with Crippen molar-refractivity contribution in [2.75, 3.05) is 11.9 Å². The maximum Gasteiger partial charge on any atom is 0.320 e. The summed E-state index contributed by atoms with van der Waals surface area (Å²) in [4.78, 5) is 14.7. The Bertz CT molecular complexity index is 220. The number of amides is 1. The smallest absolute Gasteiger partial charge is 0.320 e. The number of H-pyrrole nitrogens is 1. The summed E-state index contributed by atoms with van der Waals surface area (Å²) in [5, 5.41) is -0.486. The van der Waals surface area contributed by atoms with Crippen LogP contribution in [0, 0.1) is 0 Å². The lowest BCUT2D eigenvalue weighted by Gasteiger charge is -2.08. The Morgan fingerprint density at radius 3 is 2.90 bits per heavy atom. The summed E-state index contributed by atoms with van der Waals surface area (Å²) in [6.07, 6.45) is 3.42. The van der Waals surface area contributed by atoms with Gasteiger partial charge in [-0.1, -0.05) is 0 Å². The van der Waals surface area contributed by atoms with Gasteiger partial charge >= 0.3 is 5.37 Å². The number of carbonyl (C=O) groups excluding carboxylic acids is 1. The van der Waals surface area contributed by atoms with Gasteiger partial charge < -0.3 is 9.88 Å². The van der Waals surface area contributed by atoms with Crippen molar-refractivity contribution in [3.05, 3.63) is 18.5 Å². The van der Waals surface area contributed by atoms with Crippen LogP contribution in [-0.4, -0.2) is 17.4 Å². The molecule has 0 aliphatic heterocycles. The maximum absolute atomic E-state index is 10.5. The molecule has 1 amide bonds. The van der Waals surface area contributed by atoms with Crippen LogP contribution in [0.4, 0.5) is 10.5 Å². The minimum Gasteiger partial charge on any atom is -0.366 e. The highest BCUT2D eigenvalue weighted by Crippen LogP contribution is 2.11. The van der Waals surface area contributed by atoms with E-state index < -0.39 is 5.37 Å². The monoisotopic (exact) mass is 158 g/mol. The number of carbonyl (C=O) groups is 1. The van der Waals surface area contributed by atoms with Gasteiger partial charge in [-0.2, -0.15) is 0 Å². The first kappa shape index (κ1) is 7.15. The molecule has 0 fully saturated rings. The Hall–Kier alpha value is -0.960. The van der Waals surface area contributed by atoms with Crippen LogP contribution < -0.4 is 4.90 Å². The molecule has 0 aliphatic rings. The van der Waals surface area contributed by atoms with Gasteiger partial charge in [-0.15, -0.1) is 0 Å². The number of rotatable bonds is 1. The number of aromatic nitrogens is 1. The molecule has 0 radical (unpaired) electrons. The second kappa shape index (κ2) is 2.75. The molecule has 4 heteroatoms. The second-order valence-electron chi connectivity index (χ2n) is 1.88. The Kier molecular flexibility index (Phi) is 1.97. The molecule has 1 rings (SSSR count). The molecular formula is C6H7ClN2O. The van der Waals surface area contributed by atoms with Crippen molar-refractivity contribution in [2.45, 2.75) is 0 Å². The van der Waals surface area contributed by atoms with Crippen LogP contribution >= 0.6 is 11.6 Å². The summed E-state index contributed by atoms with van der Waals surface area (Å²) < 4.78 is 0. The molecule has 1 aromatic heterocycles. The van der Waals surface area contributed by atoms with E-state index >= 15 is 0 Å². The lowest BCUT2D eigenvalue weighted by Crippen LogP contribution is -2.18. The number of hydrogen-bond acceptors (Lipinski definition) is 1. The van der Waals surface area contributed by atoms with E-state index in [-0.39, 0.29) is 0 Å². The highest BCUT2D eigenvalue weighted by Gasteiger charge is 2.05. The molecule has 1 aromatic rings. The van der Waals surface area contributed by atoms with Gasteiger partial charge in [-0.05, 0) is 17.7 Å². The normalized spacial score (nSPS) is 9.40. The van der Waals surface area contributed by atoms with Crippen LogP contribution in [0.1, 0.15) is 0 Å². The maximum atomic E-state index is 10.5. The molecule has 3 nitrogen and oxygen atoms in total. The van der Waals surface area contributed by atoms with Gasteiger partial charge in [0, 0.05) is 19.4 Å². The van der Waals surface area contributed by atoms with Crippen molar-refractivity contribution >= 4 is 22.7 Å². The van der Waals surface area contributed by atoms with Gasteiger partial charge in [0.15, 0.2) is 0 Å². The van der Waals surface area contributed by atoms with E-state index in [4.69, 9.17) is 11.6 Å². The van der Waals surface area contributed by atoms with Gasteiger partial charge in [-0.25, -0.2) is 0 Å². The number of nitrogens with zero attached hydrogens (tertiary/aromatic N) is 1. The van der Waals surface area contributed by atoms with Crippen molar-refractivity contribution < 1.29 is 4.79 Å². The number of halogens is 1. The van der Waals surface area contributed by atoms with Crippen LogP contribution in [0.2, 0.25) is 0 Å². The average Bonchev–Trinajstić information content (AvgIpc) is 2.36. The summed E-state index contributed by atoms with van der Waals surface area (Å²) in [5.74, 6) is 0. The minimum absolute atomic E-state index is 0.486. The average molecular weight is 159 g/mol. The molecule has 0 saturated heterocycles. The molecule has 0 saturated carbocycles. The zero-order chi connectivity index (χ0) is 7.56. The topological polar surface area (TPSA) is 36.1 Å². The molecule has 54 valence electrons. The number of aromatic amines is 1. The fourth-order valence-corrected chi connectivity index (χ4v) is 0.723. The first-order valence-electron chi connectivity index (χ1n) is 2.78. The molecule has 0 atom stereocenters.